The molecule has 1 atom stereocenters. The first-order valence-electron chi connectivity index (χ1n) is 7.37. The van der Waals surface area contributed by atoms with Crippen molar-refractivity contribution in [1.82, 2.24) is 0 Å². The van der Waals surface area contributed by atoms with Crippen LogP contribution in [0.3, 0.4) is 0 Å². The molecule has 0 aliphatic heterocycles. The highest BCUT2D eigenvalue weighted by Gasteiger charge is 2.11. The molecule has 0 saturated heterocycles. The Hall–Kier alpha value is -2.00. The summed E-state index contributed by atoms with van der Waals surface area (Å²) in [6, 6.07) is 14.8. The number of rotatable bonds is 6. The Labute approximate surface area is 136 Å². The van der Waals surface area contributed by atoms with E-state index in [1.165, 1.54) is 0 Å². The number of hydrogen-bond donors (Lipinski definition) is 1. The number of ether oxygens (including phenoxy) is 1. The van der Waals surface area contributed by atoms with E-state index in [-0.39, 0.29) is 12.5 Å². The van der Waals surface area contributed by atoms with Crippen LogP contribution in [0.2, 0.25) is 5.02 Å². The third kappa shape index (κ3) is 4.50. The molecule has 1 unspecified atom stereocenters. The third-order valence-corrected chi connectivity index (χ3v) is 3.80. The topological polar surface area (TPSA) is 38.3 Å². The Morgan fingerprint density at radius 1 is 1.18 bits per heavy atom. The van der Waals surface area contributed by atoms with Crippen molar-refractivity contribution in [2.75, 3.05) is 11.9 Å². The van der Waals surface area contributed by atoms with E-state index >= 15 is 0 Å². The first-order valence-corrected chi connectivity index (χ1v) is 7.75. The van der Waals surface area contributed by atoms with Gasteiger partial charge in [-0.05, 0) is 48.2 Å². The zero-order valence-corrected chi connectivity index (χ0v) is 13.6. The minimum Gasteiger partial charge on any atom is -0.483 e. The van der Waals surface area contributed by atoms with E-state index in [1.54, 1.807) is 24.3 Å². The van der Waals surface area contributed by atoms with Gasteiger partial charge in [0.15, 0.2) is 6.61 Å². The molecule has 2 aromatic rings. The smallest absolute Gasteiger partial charge is 0.262 e. The Bertz CT molecular complexity index is 625. The molecule has 3 nitrogen and oxygen atoms in total. The summed E-state index contributed by atoms with van der Waals surface area (Å²) in [5, 5.41) is 3.42. The Balaban J connectivity index is 1.95. The van der Waals surface area contributed by atoms with Crippen molar-refractivity contribution in [3.8, 4) is 5.75 Å². The van der Waals surface area contributed by atoms with E-state index in [4.69, 9.17) is 16.3 Å². The minimum atomic E-state index is -0.193. The van der Waals surface area contributed by atoms with Gasteiger partial charge in [0.2, 0.25) is 0 Å². The van der Waals surface area contributed by atoms with Crippen LogP contribution < -0.4 is 10.1 Å². The number of anilines is 1. The average Bonchev–Trinajstić information content (AvgIpc) is 2.54. The van der Waals surface area contributed by atoms with Crippen LogP contribution in [-0.4, -0.2) is 12.5 Å². The molecule has 2 aromatic carbocycles. The second-order valence-electron chi connectivity index (χ2n) is 5.19. The monoisotopic (exact) mass is 317 g/mol. The minimum absolute atomic E-state index is 0.0178. The van der Waals surface area contributed by atoms with Crippen molar-refractivity contribution in [2.45, 2.75) is 26.2 Å². The van der Waals surface area contributed by atoms with Gasteiger partial charge in [0.05, 0.1) is 0 Å². The molecule has 0 saturated carbocycles. The van der Waals surface area contributed by atoms with Crippen LogP contribution >= 0.6 is 11.6 Å². The molecule has 1 amide bonds. The van der Waals surface area contributed by atoms with Gasteiger partial charge in [-0.3, -0.25) is 4.79 Å². The largest absolute Gasteiger partial charge is 0.483 e. The molecule has 0 aromatic heterocycles. The zero-order valence-electron chi connectivity index (χ0n) is 12.8. The second kappa shape index (κ2) is 7.85. The maximum atomic E-state index is 12.0. The van der Waals surface area contributed by atoms with Crippen LogP contribution in [0.4, 0.5) is 5.69 Å². The van der Waals surface area contributed by atoms with Crippen molar-refractivity contribution >= 4 is 23.2 Å². The Morgan fingerprint density at radius 2 is 1.86 bits per heavy atom. The maximum absolute atomic E-state index is 12.0. The summed E-state index contributed by atoms with van der Waals surface area (Å²) in [5.41, 5.74) is 1.83. The molecular weight excluding hydrogens is 298 g/mol. The average molecular weight is 318 g/mol. The van der Waals surface area contributed by atoms with Crippen LogP contribution in [0.15, 0.2) is 48.5 Å². The fourth-order valence-electron chi connectivity index (χ4n) is 2.11. The molecule has 1 N–H and O–H groups in total. The molecule has 0 aliphatic rings. The van der Waals surface area contributed by atoms with Gasteiger partial charge in [0.25, 0.3) is 5.91 Å². The predicted octanol–water partition coefficient (Wildman–Crippen LogP) is 4.87. The van der Waals surface area contributed by atoms with Crippen LogP contribution in [0.25, 0.3) is 0 Å². The number of amides is 1. The van der Waals surface area contributed by atoms with E-state index in [0.29, 0.717) is 16.6 Å². The molecule has 22 heavy (non-hydrogen) atoms. The highest BCUT2D eigenvalue weighted by atomic mass is 35.5. The van der Waals surface area contributed by atoms with E-state index in [0.717, 1.165) is 17.7 Å². The molecule has 0 bridgehead atoms. The molecular formula is C18H20ClNO2. The van der Waals surface area contributed by atoms with Crippen LogP contribution in [0, 0.1) is 0 Å². The maximum Gasteiger partial charge on any atom is 0.262 e. The van der Waals surface area contributed by atoms with Gasteiger partial charge in [-0.2, -0.15) is 0 Å². The normalized spacial score (nSPS) is 11.8. The fraction of sp³-hybridized carbons (Fsp3) is 0.278. The van der Waals surface area contributed by atoms with Gasteiger partial charge < -0.3 is 10.1 Å². The summed E-state index contributed by atoms with van der Waals surface area (Å²) in [5.74, 6) is 0.972. The fourth-order valence-corrected chi connectivity index (χ4v) is 2.24. The van der Waals surface area contributed by atoms with Gasteiger partial charge in [-0.25, -0.2) is 0 Å². The lowest BCUT2D eigenvalue weighted by molar-refractivity contribution is -0.118. The van der Waals surface area contributed by atoms with Gasteiger partial charge in [-0.15, -0.1) is 0 Å². The summed E-state index contributed by atoms with van der Waals surface area (Å²) >= 11 is 5.81. The lowest BCUT2D eigenvalue weighted by Gasteiger charge is -2.15. The quantitative estimate of drug-likeness (QED) is 0.825. The van der Waals surface area contributed by atoms with Crippen molar-refractivity contribution in [3.05, 3.63) is 59.1 Å². The summed E-state index contributed by atoms with van der Waals surface area (Å²) < 4.78 is 5.68. The number of carbonyl (C=O) groups is 1. The standard InChI is InChI=1S/C18H20ClNO2/c1-3-13(2)16-6-4-5-7-17(16)22-12-18(21)20-15-10-8-14(19)9-11-15/h4-11,13H,3,12H2,1-2H3,(H,20,21). The van der Waals surface area contributed by atoms with Crippen LogP contribution in [0.5, 0.6) is 5.75 Å². The van der Waals surface area contributed by atoms with Gasteiger partial charge in [0.1, 0.15) is 5.75 Å². The van der Waals surface area contributed by atoms with Crippen molar-refractivity contribution in [1.29, 1.82) is 0 Å². The molecule has 116 valence electrons. The Kier molecular flexibility index (Phi) is 5.84. The SMILES string of the molecule is CCC(C)c1ccccc1OCC(=O)Nc1ccc(Cl)cc1. The van der Waals surface area contributed by atoms with Gasteiger partial charge in [0, 0.05) is 10.7 Å². The lowest BCUT2D eigenvalue weighted by Crippen LogP contribution is -2.20. The number of hydrogen-bond acceptors (Lipinski definition) is 2. The van der Waals surface area contributed by atoms with Gasteiger partial charge >= 0.3 is 0 Å². The Morgan fingerprint density at radius 3 is 2.55 bits per heavy atom. The highest BCUT2D eigenvalue weighted by Crippen LogP contribution is 2.28. The van der Waals surface area contributed by atoms with Crippen LogP contribution in [0.1, 0.15) is 31.7 Å². The number of para-hydroxylation sites is 1. The van der Waals surface area contributed by atoms with E-state index < -0.39 is 0 Å². The molecule has 0 fully saturated rings. The van der Waals surface area contributed by atoms with E-state index in [9.17, 15) is 4.79 Å². The number of nitrogens with one attached hydrogen (secondary N) is 1. The predicted molar refractivity (Wildman–Crippen MR) is 90.7 cm³/mol. The number of benzene rings is 2. The van der Waals surface area contributed by atoms with E-state index in [2.05, 4.69) is 19.2 Å². The molecule has 0 radical (unpaired) electrons. The molecule has 0 aliphatic carbocycles. The summed E-state index contributed by atoms with van der Waals surface area (Å²) in [7, 11) is 0. The summed E-state index contributed by atoms with van der Waals surface area (Å²) in [6.07, 6.45) is 1.03. The van der Waals surface area contributed by atoms with Crippen molar-refractivity contribution in [2.24, 2.45) is 0 Å². The van der Waals surface area contributed by atoms with Crippen molar-refractivity contribution in [3.63, 3.8) is 0 Å². The second-order valence-corrected chi connectivity index (χ2v) is 5.63. The first-order chi connectivity index (χ1) is 10.6. The molecule has 2 rings (SSSR count). The van der Waals surface area contributed by atoms with Gasteiger partial charge in [-0.1, -0.05) is 43.6 Å². The zero-order chi connectivity index (χ0) is 15.9. The first kappa shape index (κ1) is 16.4. The van der Waals surface area contributed by atoms with E-state index in [1.807, 2.05) is 24.3 Å². The number of carbonyl (C=O) groups excluding carboxylic acids is 1. The number of halogens is 1. The highest BCUT2D eigenvalue weighted by molar-refractivity contribution is 6.30. The molecule has 4 heteroatoms. The third-order valence-electron chi connectivity index (χ3n) is 3.55. The summed E-state index contributed by atoms with van der Waals surface area (Å²) in [4.78, 5) is 12.0. The van der Waals surface area contributed by atoms with Crippen LogP contribution in [-0.2, 0) is 4.79 Å². The van der Waals surface area contributed by atoms with Crippen molar-refractivity contribution < 1.29 is 9.53 Å². The molecule has 0 heterocycles. The molecule has 0 spiro atoms. The summed E-state index contributed by atoms with van der Waals surface area (Å²) in [6.45, 7) is 4.26. The lowest BCUT2D eigenvalue weighted by atomic mass is 9.98.